The second kappa shape index (κ2) is 7.56. The molecule has 7 heteroatoms. The quantitative estimate of drug-likeness (QED) is 0.737. The zero-order valence-electron chi connectivity index (χ0n) is 15.5. The molecule has 1 aromatic rings. The summed E-state index contributed by atoms with van der Waals surface area (Å²) >= 11 is 3.47. The van der Waals surface area contributed by atoms with E-state index in [1.54, 1.807) is 7.11 Å². The lowest BCUT2D eigenvalue weighted by molar-refractivity contribution is -0.135. The zero-order chi connectivity index (χ0) is 18.9. The van der Waals surface area contributed by atoms with E-state index in [4.69, 9.17) is 4.74 Å². The smallest absolute Gasteiger partial charge is 0.326 e. The van der Waals surface area contributed by atoms with Gasteiger partial charge in [0.2, 0.25) is 0 Å². The van der Waals surface area contributed by atoms with Crippen LogP contribution in [0, 0.1) is 5.92 Å². The topological polar surface area (TPSA) is 61.9 Å². The van der Waals surface area contributed by atoms with Crippen molar-refractivity contribution in [3.63, 3.8) is 0 Å². The van der Waals surface area contributed by atoms with Gasteiger partial charge < -0.3 is 10.1 Å². The average molecular weight is 424 g/mol. The minimum Gasteiger partial charge on any atom is -0.496 e. The molecular weight excluding hydrogens is 398 g/mol. The molecule has 1 aliphatic carbocycles. The molecular formula is C19H26BrN3O3. The maximum atomic E-state index is 13.1. The Labute approximate surface area is 163 Å². The molecule has 0 aromatic heterocycles. The molecule has 0 bridgehead atoms. The van der Waals surface area contributed by atoms with Crippen LogP contribution in [0.15, 0.2) is 22.7 Å². The molecule has 1 heterocycles. The van der Waals surface area contributed by atoms with Crippen molar-refractivity contribution < 1.29 is 14.3 Å². The lowest BCUT2D eigenvalue weighted by Crippen LogP contribution is -2.54. The molecule has 1 aromatic carbocycles. The molecule has 2 fully saturated rings. The van der Waals surface area contributed by atoms with Gasteiger partial charge in [0, 0.05) is 16.6 Å². The molecule has 2 unspecified atom stereocenters. The van der Waals surface area contributed by atoms with Gasteiger partial charge >= 0.3 is 6.03 Å². The van der Waals surface area contributed by atoms with Crippen molar-refractivity contribution in [1.29, 1.82) is 0 Å². The first-order valence-corrected chi connectivity index (χ1v) is 9.82. The van der Waals surface area contributed by atoms with E-state index in [-0.39, 0.29) is 24.5 Å². The first-order valence-electron chi connectivity index (χ1n) is 9.02. The number of rotatable bonds is 5. The van der Waals surface area contributed by atoms with Gasteiger partial charge in [0.15, 0.2) is 0 Å². The summed E-state index contributed by atoms with van der Waals surface area (Å²) in [5, 5.41) is 3.00. The zero-order valence-corrected chi connectivity index (χ0v) is 17.1. The van der Waals surface area contributed by atoms with Crippen LogP contribution in [0.3, 0.4) is 0 Å². The van der Waals surface area contributed by atoms with E-state index in [1.807, 2.05) is 30.1 Å². The van der Waals surface area contributed by atoms with Crippen molar-refractivity contribution >= 4 is 27.9 Å². The summed E-state index contributed by atoms with van der Waals surface area (Å²) in [4.78, 5) is 28.9. The van der Waals surface area contributed by atoms with Crippen LogP contribution in [0.5, 0.6) is 5.75 Å². The third-order valence-electron chi connectivity index (χ3n) is 5.57. The minimum atomic E-state index is -0.705. The van der Waals surface area contributed by atoms with Gasteiger partial charge in [0.25, 0.3) is 5.91 Å². The molecule has 6 nitrogen and oxygen atoms in total. The van der Waals surface area contributed by atoms with Crippen LogP contribution in [-0.2, 0) is 11.3 Å². The number of halogens is 1. The van der Waals surface area contributed by atoms with Crippen LogP contribution in [-0.4, -0.2) is 48.1 Å². The number of urea groups is 1. The Kier molecular flexibility index (Phi) is 5.58. The third-order valence-corrected chi connectivity index (χ3v) is 6.06. The summed E-state index contributed by atoms with van der Waals surface area (Å²) < 4.78 is 6.37. The molecule has 1 saturated heterocycles. The number of amides is 3. The predicted octanol–water partition coefficient (Wildman–Crippen LogP) is 3.35. The molecule has 1 spiro atoms. The Morgan fingerprint density at radius 1 is 1.38 bits per heavy atom. The Hall–Kier alpha value is -1.60. The van der Waals surface area contributed by atoms with Gasteiger partial charge in [0.1, 0.15) is 11.3 Å². The predicted molar refractivity (Wildman–Crippen MR) is 103 cm³/mol. The summed E-state index contributed by atoms with van der Waals surface area (Å²) in [6.45, 7) is 2.90. The Morgan fingerprint density at radius 3 is 2.85 bits per heavy atom. The number of methoxy groups -OCH3 is 1. The van der Waals surface area contributed by atoms with Crippen LogP contribution in [0.2, 0.25) is 0 Å². The van der Waals surface area contributed by atoms with Gasteiger partial charge in [0.05, 0.1) is 13.8 Å². The lowest BCUT2D eigenvalue weighted by Gasteiger charge is -2.37. The number of carbonyl (C=O) groups excluding carboxylic acids is 2. The van der Waals surface area contributed by atoms with E-state index in [2.05, 4.69) is 28.2 Å². The summed E-state index contributed by atoms with van der Waals surface area (Å²) in [7, 11) is 3.54. The van der Waals surface area contributed by atoms with Crippen molar-refractivity contribution in [2.75, 3.05) is 20.8 Å². The maximum Gasteiger partial charge on any atom is 0.326 e. The number of nitrogens with zero attached hydrogens (tertiary/aromatic N) is 2. The molecule has 1 N–H and O–H groups in total. The van der Waals surface area contributed by atoms with E-state index < -0.39 is 5.54 Å². The highest BCUT2D eigenvalue weighted by molar-refractivity contribution is 9.10. The Bertz CT molecular complexity index is 711. The van der Waals surface area contributed by atoms with Crippen LogP contribution in [0.25, 0.3) is 0 Å². The summed E-state index contributed by atoms with van der Waals surface area (Å²) in [5.41, 5.74) is 0.293. The number of benzene rings is 1. The maximum absolute atomic E-state index is 13.1. The fourth-order valence-corrected chi connectivity index (χ4v) is 4.49. The SMILES string of the molecule is COc1ccc(Br)cc1CN(C)CN1C(=O)NC2(CCCCC2C)C1=O. The molecule has 3 rings (SSSR count). The normalized spacial score (nSPS) is 25.9. The van der Waals surface area contributed by atoms with Crippen LogP contribution >= 0.6 is 15.9 Å². The highest BCUT2D eigenvalue weighted by atomic mass is 79.9. The molecule has 2 aliphatic rings. The standard InChI is InChI=1S/C19H26BrN3O3/c1-13-6-4-5-9-19(13)17(24)23(18(25)21-19)12-22(2)11-14-10-15(20)7-8-16(14)26-3/h7-8,10,13H,4-6,9,11-12H2,1-3H3,(H,21,25). The molecule has 0 radical (unpaired) electrons. The number of nitrogens with one attached hydrogen (secondary N) is 1. The van der Waals surface area contributed by atoms with E-state index in [0.29, 0.717) is 6.54 Å². The van der Waals surface area contributed by atoms with Crippen molar-refractivity contribution in [2.24, 2.45) is 5.92 Å². The minimum absolute atomic E-state index is 0.0808. The highest BCUT2D eigenvalue weighted by Gasteiger charge is 2.54. The van der Waals surface area contributed by atoms with Crippen molar-refractivity contribution in [3.05, 3.63) is 28.2 Å². The van der Waals surface area contributed by atoms with Gasteiger partial charge in [-0.1, -0.05) is 35.7 Å². The highest BCUT2D eigenvalue weighted by Crippen LogP contribution is 2.38. The third kappa shape index (κ3) is 3.47. The van der Waals surface area contributed by atoms with E-state index in [0.717, 1.165) is 41.5 Å². The molecule has 26 heavy (non-hydrogen) atoms. The largest absolute Gasteiger partial charge is 0.496 e. The first-order chi connectivity index (χ1) is 12.4. The van der Waals surface area contributed by atoms with Gasteiger partial charge in [-0.15, -0.1) is 0 Å². The Balaban J connectivity index is 1.71. The van der Waals surface area contributed by atoms with Gasteiger partial charge in [-0.05, 0) is 44.0 Å². The fourth-order valence-electron chi connectivity index (χ4n) is 4.08. The van der Waals surface area contributed by atoms with Crippen molar-refractivity contribution in [2.45, 2.75) is 44.7 Å². The summed E-state index contributed by atoms with van der Waals surface area (Å²) in [6.07, 6.45) is 3.81. The van der Waals surface area contributed by atoms with E-state index >= 15 is 0 Å². The number of imide groups is 1. The number of hydrogen-bond acceptors (Lipinski definition) is 4. The number of hydrogen-bond donors (Lipinski definition) is 1. The molecule has 1 saturated carbocycles. The van der Waals surface area contributed by atoms with Crippen molar-refractivity contribution in [3.8, 4) is 5.75 Å². The van der Waals surface area contributed by atoms with Gasteiger partial charge in [-0.3, -0.25) is 9.69 Å². The summed E-state index contributed by atoms with van der Waals surface area (Å²) in [6, 6.07) is 5.54. The second-order valence-electron chi connectivity index (χ2n) is 7.39. The molecule has 1 aliphatic heterocycles. The molecule has 142 valence electrons. The Morgan fingerprint density at radius 2 is 2.15 bits per heavy atom. The fraction of sp³-hybridized carbons (Fsp3) is 0.579. The lowest BCUT2D eigenvalue weighted by atomic mass is 9.73. The average Bonchev–Trinajstić information content (AvgIpc) is 2.83. The van der Waals surface area contributed by atoms with Gasteiger partial charge in [-0.25, -0.2) is 9.69 Å². The van der Waals surface area contributed by atoms with E-state index in [1.165, 1.54) is 4.90 Å². The monoisotopic (exact) mass is 423 g/mol. The van der Waals surface area contributed by atoms with Crippen LogP contribution < -0.4 is 10.1 Å². The molecule has 2 atom stereocenters. The first kappa shape index (κ1) is 19.2. The second-order valence-corrected chi connectivity index (χ2v) is 8.31. The van der Waals surface area contributed by atoms with Crippen molar-refractivity contribution in [1.82, 2.24) is 15.1 Å². The number of carbonyl (C=O) groups is 2. The van der Waals surface area contributed by atoms with Crippen LogP contribution in [0.1, 0.15) is 38.2 Å². The molecule has 3 amide bonds. The van der Waals surface area contributed by atoms with Gasteiger partial charge in [-0.2, -0.15) is 0 Å². The van der Waals surface area contributed by atoms with Crippen LogP contribution in [0.4, 0.5) is 4.79 Å². The van der Waals surface area contributed by atoms with E-state index in [9.17, 15) is 9.59 Å². The number of ether oxygens (including phenoxy) is 1. The summed E-state index contributed by atoms with van der Waals surface area (Å²) in [5.74, 6) is 0.880.